The number of hydrogen-bond acceptors (Lipinski definition) is 2. The van der Waals surface area contributed by atoms with Crippen molar-refractivity contribution < 1.29 is 4.79 Å². The first kappa shape index (κ1) is 7.47. The lowest BCUT2D eigenvalue weighted by Gasteiger charge is -2.19. The smallest absolute Gasteiger partial charge is 0.226 e. The van der Waals surface area contributed by atoms with E-state index in [4.69, 9.17) is 0 Å². The average Bonchev–Trinajstić information content (AvgIpc) is 2.41. The third-order valence-electron chi connectivity index (χ3n) is 2.55. The molecule has 2 saturated heterocycles. The molecule has 0 aromatic carbocycles. The molecule has 1 amide bonds. The molecule has 2 aliphatic rings. The highest BCUT2D eigenvalue weighted by Gasteiger charge is 2.43. The normalized spacial score (nSPS) is 43.3. The third-order valence-corrected chi connectivity index (χ3v) is 4.03. The predicted octanol–water partition coefficient (Wildman–Crippen LogP) is 1.32. The zero-order valence-corrected chi connectivity index (χ0v) is 7.73. The molecule has 0 spiro atoms. The van der Waals surface area contributed by atoms with Crippen molar-refractivity contribution in [3.8, 4) is 0 Å². The molecule has 62 valence electrons. The maximum absolute atomic E-state index is 11.5. The van der Waals surface area contributed by atoms with Crippen LogP contribution in [0.15, 0.2) is 0 Å². The van der Waals surface area contributed by atoms with Crippen LogP contribution in [0.25, 0.3) is 0 Å². The first-order valence-electron chi connectivity index (χ1n) is 4.14. The van der Waals surface area contributed by atoms with Crippen molar-refractivity contribution in [3.63, 3.8) is 0 Å². The Morgan fingerprint density at radius 1 is 1.55 bits per heavy atom. The molecule has 0 saturated carbocycles. The third kappa shape index (κ3) is 0.975. The fraction of sp³-hybridized carbons (Fsp3) is 0.875. The summed E-state index contributed by atoms with van der Waals surface area (Å²) in [7, 11) is 0. The van der Waals surface area contributed by atoms with Crippen LogP contribution in [0.3, 0.4) is 0 Å². The largest absolute Gasteiger partial charge is 0.327 e. The minimum Gasteiger partial charge on any atom is -0.327 e. The second kappa shape index (κ2) is 2.41. The summed E-state index contributed by atoms with van der Waals surface area (Å²) in [6.45, 7) is 4.18. The van der Waals surface area contributed by atoms with E-state index in [9.17, 15) is 4.79 Å². The predicted molar refractivity (Wildman–Crippen MR) is 46.3 cm³/mol. The number of hydrogen-bond donors (Lipinski definition) is 0. The molecule has 0 N–H and O–H groups in total. The molecule has 2 aliphatic heterocycles. The van der Waals surface area contributed by atoms with Crippen LogP contribution in [0.5, 0.6) is 0 Å². The quantitative estimate of drug-likeness (QED) is 0.548. The highest BCUT2D eigenvalue weighted by Crippen LogP contribution is 2.39. The first-order chi connectivity index (χ1) is 5.20. The van der Waals surface area contributed by atoms with E-state index >= 15 is 0 Å². The minimum absolute atomic E-state index is 0.273. The van der Waals surface area contributed by atoms with E-state index in [-0.39, 0.29) is 5.92 Å². The summed E-state index contributed by atoms with van der Waals surface area (Å²) in [5, 5.41) is 0.507. The second-order valence-electron chi connectivity index (χ2n) is 3.52. The van der Waals surface area contributed by atoms with Crippen molar-refractivity contribution in [2.75, 3.05) is 5.75 Å². The number of carbonyl (C=O) groups is 1. The zero-order valence-electron chi connectivity index (χ0n) is 6.91. The first-order valence-corrected chi connectivity index (χ1v) is 5.19. The van der Waals surface area contributed by atoms with Crippen LogP contribution in [0.2, 0.25) is 0 Å². The number of nitrogens with zero attached hydrogens (tertiary/aromatic N) is 1. The van der Waals surface area contributed by atoms with E-state index in [0.717, 1.165) is 12.2 Å². The van der Waals surface area contributed by atoms with Gasteiger partial charge in [-0.2, -0.15) is 0 Å². The summed E-state index contributed by atoms with van der Waals surface area (Å²) in [6, 6.07) is 0.474. The molecule has 2 heterocycles. The van der Waals surface area contributed by atoms with Gasteiger partial charge in [-0.15, -0.1) is 11.8 Å². The molecule has 0 bridgehead atoms. The van der Waals surface area contributed by atoms with Gasteiger partial charge in [0.05, 0.1) is 5.37 Å². The van der Waals surface area contributed by atoms with Crippen molar-refractivity contribution in [1.29, 1.82) is 0 Å². The second-order valence-corrected chi connectivity index (χ2v) is 4.73. The van der Waals surface area contributed by atoms with Gasteiger partial charge in [0.2, 0.25) is 5.91 Å². The standard InChI is InChI=1S/C8H13NOS/c1-5-3-7-9(8(5)10)6(2)4-11-7/h5-7H,3-4H2,1-2H3. The monoisotopic (exact) mass is 171 g/mol. The highest BCUT2D eigenvalue weighted by molar-refractivity contribution is 8.00. The van der Waals surface area contributed by atoms with Crippen LogP contribution in [0, 0.1) is 5.92 Å². The molecule has 0 radical (unpaired) electrons. The molecule has 0 aromatic heterocycles. The Morgan fingerprint density at radius 3 is 2.91 bits per heavy atom. The Kier molecular flexibility index (Phi) is 1.63. The molecule has 11 heavy (non-hydrogen) atoms. The van der Waals surface area contributed by atoms with Crippen molar-refractivity contribution in [3.05, 3.63) is 0 Å². The van der Waals surface area contributed by atoms with E-state index in [0.29, 0.717) is 17.3 Å². The Hall–Kier alpha value is -0.180. The van der Waals surface area contributed by atoms with E-state index in [2.05, 4.69) is 11.8 Å². The zero-order chi connectivity index (χ0) is 8.01. The van der Waals surface area contributed by atoms with E-state index in [1.165, 1.54) is 0 Å². The number of fused-ring (bicyclic) bond motifs is 1. The van der Waals surface area contributed by atoms with E-state index in [1.54, 1.807) is 0 Å². The lowest BCUT2D eigenvalue weighted by atomic mass is 10.1. The maximum Gasteiger partial charge on any atom is 0.226 e. The lowest BCUT2D eigenvalue weighted by molar-refractivity contribution is -0.131. The fourth-order valence-electron chi connectivity index (χ4n) is 1.89. The van der Waals surface area contributed by atoms with Gasteiger partial charge in [-0.3, -0.25) is 4.79 Å². The summed E-state index contributed by atoms with van der Waals surface area (Å²) in [4.78, 5) is 13.6. The Morgan fingerprint density at radius 2 is 2.27 bits per heavy atom. The van der Waals surface area contributed by atoms with Crippen molar-refractivity contribution in [2.24, 2.45) is 5.92 Å². The van der Waals surface area contributed by atoms with Crippen LogP contribution < -0.4 is 0 Å². The fourth-order valence-corrected chi connectivity index (χ4v) is 3.45. The molecular weight excluding hydrogens is 158 g/mol. The molecule has 3 atom stereocenters. The molecule has 2 fully saturated rings. The van der Waals surface area contributed by atoms with Crippen molar-refractivity contribution in [2.45, 2.75) is 31.7 Å². The van der Waals surface area contributed by atoms with Gasteiger partial charge in [-0.05, 0) is 13.3 Å². The molecule has 3 unspecified atom stereocenters. The molecule has 2 rings (SSSR count). The van der Waals surface area contributed by atoms with Gasteiger partial charge in [0.1, 0.15) is 0 Å². The van der Waals surface area contributed by atoms with Gasteiger partial charge >= 0.3 is 0 Å². The summed E-state index contributed by atoms with van der Waals surface area (Å²) in [6.07, 6.45) is 1.06. The van der Waals surface area contributed by atoms with Gasteiger partial charge in [0.15, 0.2) is 0 Å². The molecule has 2 nitrogen and oxygen atoms in total. The summed E-state index contributed by atoms with van der Waals surface area (Å²) >= 11 is 1.93. The maximum atomic E-state index is 11.5. The highest BCUT2D eigenvalue weighted by atomic mass is 32.2. The van der Waals surface area contributed by atoms with Gasteiger partial charge in [0.25, 0.3) is 0 Å². The van der Waals surface area contributed by atoms with Crippen LogP contribution in [0.4, 0.5) is 0 Å². The Labute approximate surface area is 71.3 Å². The van der Waals surface area contributed by atoms with Gasteiger partial charge in [0, 0.05) is 17.7 Å². The van der Waals surface area contributed by atoms with Crippen LogP contribution in [-0.4, -0.2) is 28.0 Å². The number of rotatable bonds is 0. The molecule has 0 aromatic rings. The van der Waals surface area contributed by atoms with E-state index in [1.807, 2.05) is 18.7 Å². The topological polar surface area (TPSA) is 20.3 Å². The van der Waals surface area contributed by atoms with Crippen LogP contribution in [-0.2, 0) is 4.79 Å². The van der Waals surface area contributed by atoms with Crippen molar-refractivity contribution in [1.82, 2.24) is 4.90 Å². The van der Waals surface area contributed by atoms with Crippen LogP contribution >= 0.6 is 11.8 Å². The SMILES string of the molecule is CC1CC2SCC(C)N2C1=O. The Balaban J connectivity index is 2.20. The number of amides is 1. The number of thioether (sulfide) groups is 1. The summed E-state index contributed by atoms with van der Waals surface area (Å²) in [5.74, 6) is 1.77. The lowest BCUT2D eigenvalue weighted by Crippen LogP contribution is -2.34. The summed E-state index contributed by atoms with van der Waals surface area (Å²) < 4.78 is 0. The number of carbonyl (C=O) groups excluding carboxylic acids is 1. The van der Waals surface area contributed by atoms with Gasteiger partial charge in [-0.25, -0.2) is 0 Å². The molecule has 0 aliphatic carbocycles. The Bertz CT molecular complexity index is 195. The van der Waals surface area contributed by atoms with Crippen LogP contribution in [0.1, 0.15) is 20.3 Å². The average molecular weight is 171 g/mol. The van der Waals surface area contributed by atoms with Gasteiger partial charge < -0.3 is 4.90 Å². The minimum atomic E-state index is 0.273. The van der Waals surface area contributed by atoms with Crippen molar-refractivity contribution >= 4 is 17.7 Å². The van der Waals surface area contributed by atoms with E-state index < -0.39 is 0 Å². The molecular formula is C8H13NOS. The van der Waals surface area contributed by atoms with Gasteiger partial charge in [-0.1, -0.05) is 6.92 Å². The summed E-state index contributed by atoms with van der Waals surface area (Å²) in [5.41, 5.74) is 0. The molecule has 3 heteroatoms.